The molecule has 10 rings (SSSR count). The van der Waals surface area contributed by atoms with Crippen molar-refractivity contribution in [2.45, 2.75) is 0 Å². The first kappa shape index (κ1) is 29.5. The van der Waals surface area contributed by atoms with Crippen LogP contribution in [0.3, 0.4) is 0 Å². The summed E-state index contributed by atoms with van der Waals surface area (Å²) in [6.45, 7) is 0. The van der Waals surface area contributed by atoms with Crippen LogP contribution in [-0.2, 0) is 0 Å². The monoisotopic (exact) mass is 664 g/mol. The van der Waals surface area contributed by atoms with Crippen molar-refractivity contribution in [2.24, 2.45) is 0 Å². The molecule has 0 saturated heterocycles. The van der Waals surface area contributed by atoms with E-state index >= 15 is 0 Å². The molecule has 3 heterocycles. The Morgan fingerprint density at radius 2 is 0.962 bits per heavy atom. The summed E-state index contributed by atoms with van der Waals surface area (Å²) in [6, 6.07) is 60.3. The van der Waals surface area contributed by atoms with E-state index < -0.39 is 0 Å². The number of nitriles is 1. The third-order valence-corrected chi connectivity index (χ3v) is 9.80. The Kier molecular flexibility index (Phi) is 6.76. The predicted octanol–water partition coefficient (Wildman–Crippen LogP) is 10.9. The number of para-hydroxylation sites is 3. The van der Waals surface area contributed by atoms with Gasteiger partial charge in [-0.15, -0.1) is 0 Å². The van der Waals surface area contributed by atoms with E-state index in [1.807, 2.05) is 84.9 Å². The first-order chi connectivity index (χ1) is 25.8. The fourth-order valence-corrected chi connectivity index (χ4v) is 7.51. The lowest BCUT2D eigenvalue weighted by Gasteiger charge is -2.13. The van der Waals surface area contributed by atoms with Gasteiger partial charge in [0.2, 0.25) is 0 Å². The Morgan fingerprint density at radius 3 is 1.60 bits per heavy atom. The van der Waals surface area contributed by atoms with Crippen LogP contribution in [0.4, 0.5) is 0 Å². The van der Waals surface area contributed by atoms with Crippen molar-refractivity contribution >= 4 is 43.6 Å². The first-order valence-corrected chi connectivity index (χ1v) is 17.2. The molecular weight excluding hydrogens is 637 g/mol. The SMILES string of the molecule is N#Cc1cc(-c2nc(-c3ccccc3)nc(-c3ccccc3)n2)ccc1-n1c2ccccc2c2ccc3c(c4ccccc4n3-c3ccccc3)c21. The van der Waals surface area contributed by atoms with Gasteiger partial charge in [0.15, 0.2) is 17.5 Å². The second-order valence-corrected chi connectivity index (χ2v) is 12.8. The summed E-state index contributed by atoms with van der Waals surface area (Å²) in [4.78, 5) is 14.7. The smallest absolute Gasteiger partial charge is 0.164 e. The third kappa shape index (κ3) is 4.61. The molecule has 0 bridgehead atoms. The van der Waals surface area contributed by atoms with Crippen LogP contribution in [0.1, 0.15) is 5.56 Å². The average Bonchev–Trinajstić information content (AvgIpc) is 3.74. The predicted molar refractivity (Wildman–Crippen MR) is 210 cm³/mol. The minimum Gasteiger partial charge on any atom is -0.309 e. The Balaban J connectivity index is 1.24. The minimum absolute atomic E-state index is 0.506. The zero-order valence-corrected chi connectivity index (χ0v) is 27.8. The number of fused-ring (bicyclic) bond motifs is 7. The molecule has 0 amide bonds. The number of hydrogen-bond acceptors (Lipinski definition) is 4. The second-order valence-electron chi connectivity index (χ2n) is 12.8. The van der Waals surface area contributed by atoms with Crippen molar-refractivity contribution in [1.29, 1.82) is 5.26 Å². The first-order valence-electron chi connectivity index (χ1n) is 17.2. The Morgan fingerprint density at radius 1 is 0.423 bits per heavy atom. The molecule has 10 aromatic rings. The fraction of sp³-hybridized carbons (Fsp3) is 0. The van der Waals surface area contributed by atoms with Gasteiger partial charge < -0.3 is 9.13 Å². The number of nitrogens with zero attached hydrogens (tertiary/aromatic N) is 6. The maximum atomic E-state index is 10.8. The molecule has 0 fully saturated rings. The van der Waals surface area contributed by atoms with Crippen molar-refractivity contribution in [3.05, 3.63) is 175 Å². The van der Waals surface area contributed by atoms with E-state index in [-0.39, 0.29) is 0 Å². The molecule has 6 nitrogen and oxygen atoms in total. The summed E-state index contributed by atoms with van der Waals surface area (Å²) in [6.07, 6.45) is 0. The zero-order valence-electron chi connectivity index (χ0n) is 27.8. The molecule has 6 heteroatoms. The van der Waals surface area contributed by atoms with Gasteiger partial charge in [0.25, 0.3) is 0 Å². The third-order valence-electron chi connectivity index (χ3n) is 9.80. The van der Waals surface area contributed by atoms with E-state index in [0.29, 0.717) is 23.0 Å². The summed E-state index contributed by atoms with van der Waals surface area (Å²) in [5.41, 5.74) is 9.26. The molecule has 0 unspecified atom stereocenters. The molecule has 3 aromatic heterocycles. The van der Waals surface area contributed by atoms with E-state index in [2.05, 4.69) is 100 Å². The van der Waals surface area contributed by atoms with E-state index in [0.717, 1.165) is 71.7 Å². The second kappa shape index (κ2) is 11.9. The number of hydrogen-bond donors (Lipinski definition) is 0. The van der Waals surface area contributed by atoms with E-state index in [4.69, 9.17) is 15.0 Å². The van der Waals surface area contributed by atoms with E-state index in [9.17, 15) is 5.26 Å². The van der Waals surface area contributed by atoms with Gasteiger partial charge in [-0.3, -0.25) is 0 Å². The van der Waals surface area contributed by atoms with Gasteiger partial charge in [-0.25, -0.2) is 15.0 Å². The molecule has 0 aliphatic heterocycles. The van der Waals surface area contributed by atoms with Crippen LogP contribution in [0.15, 0.2) is 170 Å². The molecule has 0 N–H and O–H groups in total. The van der Waals surface area contributed by atoms with Crippen molar-refractivity contribution < 1.29 is 0 Å². The molecule has 0 saturated carbocycles. The van der Waals surface area contributed by atoms with Gasteiger partial charge in [-0.2, -0.15) is 5.26 Å². The maximum absolute atomic E-state index is 10.8. The highest BCUT2D eigenvalue weighted by Crippen LogP contribution is 2.42. The Bertz CT molecular complexity index is 2950. The van der Waals surface area contributed by atoms with Crippen molar-refractivity contribution in [2.75, 3.05) is 0 Å². The Hall–Kier alpha value is -7.36. The summed E-state index contributed by atoms with van der Waals surface area (Å²) in [5.74, 6) is 1.66. The highest BCUT2D eigenvalue weighted by Gasteiger charge is 2.22. The topological polar surface area (TPSA) is 72.3 Å². The van der Waals surface area contributed by atoms with Gasteiger partial charge >= 0.3 is 0 Å². The van der Waals surface area contributed by atoms with Gasteiger partial charge in [0.05, 0.1) is 33.3 Å². The molecule has 0 spiro atoms. The summed E-state index contributed by atoms with van der Waals surface area (Å²) in [7, 11) is 0. The van der Waals surface area contributed by atoms with Crippen LogP contribution in [0.25, 0.3) is 89.2 Å². The van der Waals surface area contributed by atoms with Gasteiger partial charge in [-0.05, 0) is 48.5 Å². The van der Waals surface area contributed by atoms with Crippen molar-refractivity contribution in [3.63, 3.8) is 0 Å². The highest BCUT2D eigenvalue weighted by atomic mass is 15.0. The lowest BCUT2D eigenvalue weighted by atomic mass is 10.1. The number of aromatic nitrogens is 5. The number of benzene rings is 7. The van der Waals surface area contributed by atoms with Gasteiger partial charge in [0, 0.05) is 43.9 Å². The van der Waals surface area contributed by atoms with E-state index in [1.54, 1.807) is 0 Å². The largest absolute Gasteiger partial charge is 0.309 e. The molecule has 52 heavy (non-hydrogen) atoms. The van der Waals surface area contributed by atoms with Crippen molar-refractivity contribution in [3.8, 4) is 51.6 Å². The van der Waals surface area contributed by atoms with Gasteiger partial charge in [-0.1, -0.05) is 121 Å². The molecule has 0 aliphatic carbocycles. The molecule has 7 aromatic carbocycles. The molecule has 242 valence electrons. The fourth-order valence-electron chi connectivity index (χ4n) is 7.51. The molecular formula is C46H28N6. The lowest BCUT2D eigenvalue weighted by Crippen LogP contribution is -2.02. The summed E-state index contributed by atoms with van der Waals surface area (Å²) >= 11 is 0. The lowest BCUT2D eigenvalue weighted by molar-refractivity contribution is 1.07. The highest BCUT2D eigenvalue weighted by molar-refractivity contribution is 6.26. The minimum atomic E-state index is 0.506. The Labute approximate surface area is 299 Å². The van der Waals surface area contributed by atoms with Crippen LogP contribution in [0.2, 0.25) is 0 Å². The van der Waals surface area contributed by atoms with Crippen LogP contribution in [0, 0.1) is 11.3 Å². The van der Waals surface area contributed by atoms with Crippen LogP contribution < -0.4 is 0 Å². The quantitative estimate of drug-likeness (QED) is 0.184. The van der Waals surface area contributed by atoms with E-state index in [1.165, 1.54) is 0 Å². The molecule has 0 aliphatic rings. The molecule has 0 atom stereocenters. The average molecular weight is 665 g/mol. The van der Waals surface area contributed by atoms with Crippen LogP contribution >= 0.6 is 0 Å². The normalized spacial score (nSPS) is 11.4. The van der Waals surface area contributed by atoms with Crippen molar-refractivity contribution in [1.82, 2.24) is 24.1 Å². The number of rotatable bonds is 5. The zero-order chi connectivity index (χ0) is 34.6. The molecule has 0 radical (unpaired) electrons. The maximum Gasteiger partial charge on any atom is 0.164 e. The summed E-state index contributed by atoms with van der Waals surface area (Å²) in [5, 5.41) is 15.4. The van der Waals surface area contributed by atoms with Gasteiger partial charge in [0.1, 0.15) is 6.07 Å². The van der Waals surface area contributed by atoms with Crippen LogP contribution in [-0.4, -0.2) is 24.1 Å². The van der Waals surface area contributed by atoms with Crippen LogP contribution in [0.5, 0.6) is 0 Å². The summed E-state index contributed by atoms with van der Waals surface area (Å²) < 4.78 is 4.59. The standard InChI is InChI=1S/C46H28N6/c47-29-33-28-32(46-49-44(30-14-4-1-5-15-30)48-45(50-46)31-16-6-2-7-17-31)24-26-38(33)52-39-22-12-10-20-35(39)36-25-27-41-42(43(36)52)37-21-11-13-23-40(37)51(41)34-18-8-3-9-19-34/h1-28H.